The second-order valence-electron chi connectivity index (χ2n) is 6.56. The molecule has 0 bridgehead atoms. The highest BCUT2D eigenvalue weighted by atomic mass is 16.3. The van der Waals surface area contributed by atoms with Gasteiger partial charge in [-0.1, -0.05) is 43.2 Å². The number of benzene rings is 1. The first kappa shape index (κ1) is 17.0. The summed E-state index contributed by atoms with van der Waals surface area (Å²) in [5, 5.41) is 19.4. The van der Waals surface area contributed by atoms with Gasteiger partial charge in [-0.2, -0.15) is 0 Å². The van der Waals surface area contributed by atoms with Gasteiger partial charge in [-0.25, -0.2) is 0 Å². The van der Waals surface area contributed by atoms with Crippen LogP contribution in [0, 0.1) is 0 Å². The highest BCUT2D eigenvalue weighted by molar-refractivity contribution is 5.88. The molecule has 0 spiro atoms. The number of nitrogens with zero attached hydrogens (tertiary/aromatic N) is 1. The van der Waals surface area contributed by atoms with Crippen molar-refractivity contribution in [2.24, 2.45) is 0 Å². The molecule has 0 saturated heterocycles. The highest BCUT2D eigenvalue weighted by Crippen LogP contribution is 2.42. The average molecular weight is 305 g/mol. The molecule has 0 aliphatic heterocycles. The Morgan fingerprint density at radius 1 is 1.09 bits per heavy atom. The Morgan fingerprint density at radius 3 is 2.05 bits per heavy atom. The second-order valence-corrected chi connectivity index (χ2v) is 6.56. The largest absolute Gasteiger partial charge is 0.392 e. The van der Waals surface area contributed by atoms with E-state index in [1.165, 1.54) is 0 Å². The Balaban J connectivity index is 2.31. The van der Waals surface area contributed by atoms with Crippen molar-refractivity contribution in [1.82, 2.24) is 4.90 Å². The van der Waals surface area contributed by atoms with Crippen LogP contribution < -0.4 is 0 Å². The van der Waals surface area contributed by atoms with Gasteiger partial charge in [0.05, 0.1) is 17.6 Å². The summed E-state index contributed by atoms with van der Waals surface area (Å²) in [5.41, 5.74) is 0.559. The molecule has 2 rings (SSSR count). The van der Waals surface area contributed by atoms with Crippen LogP contribution in [-0.4, -0.2) is 46.3 Å². The average Bonchev–Trinajstić information content (AvgIpc) is 2.96. The van der Waals surface area contributed by atoms with Crippen LogP contribution in [0.1, 0.15) is 45.1 Å². The second kappa shape index (κ2) is 7.25. The van der Waals surface area contributed by atoms with Gasteiger partial charge in [0.1, 0.15) is 0 Å². The number of aliphatic hydroxyl groups excluding tert-OH is 2. The van der Waals surface area contributed by atoms with E-state index < -0.39 is 17.6 Å². The van der Waals surface area contributed by atoms with Gasteiger partial charge < -0.3 is 15.1 Å². The Bertz CT molecular complexity index is 468. The lowest BCUT2D eigenvalue weighted by molar-refractivity contribution is -0.140. The zero-order chi connectivity index (χ0) is 16.2. The van der Waals surface area contributed by atoms with Gasteiger partial charge >= 0.3 is 0 Å². The van der Waals surface area contributed by atoms with Gasteiger partial charge in [-0.3, -0.25) is 4.79 Å². The number of rotatable bonds is 6. The molecular weight excluding hydrogens is 278 g/mol. The van der Waals surface area contributed by atoms with Gasteiger partial charge in [0.15, 0.2) is 0 Å². The van der Waals surface area contributed by atoms with Crippen molar-refractivity contribution in [1.29, 1.82) is 0 Å². The van der Waals surface area contributed by atoms with Crippen LogP contribution in [0.15, 0.2) is 30.3 Å². The summed E-state index contributed by atoms with van der Waals surface area (Å²) in [4.78, 5) is 14.9. The summed E-state index contributed by atoms with van der Waals surface area (Å²) in [6.45, 7) is 3.87. The van der Waals surface area contributed by atoms with E-state index >= 15 is 0 Å². The fourth-order valence-corrected chi connectivity index (χ4v) is 3.54. The summed E-state index contributed by atoms with van der Waals surface area (Å²) in [6.07, 6.45) is 2.56. The Morgan fingerprint density at radius 2 is 1.59 bits per heavy atom. The van der Waals surface area contributed by atoms with E-state index in [0.717, 1.165) is 31.2 Å². The molecule has 0 radical (unpaired) electrons. The molecule has 1 amide bonds. The molecule has 1 aliphatic carbocycles. The van der Waals surface area contributed by atoms with Crippen molar-refractivity contribution >= 4 is 5.91 Å². The lowest BCUT2D eigenvalue weighted by Crippen LogP contribution is -2.50. The molecule has 2 atom stereocenters. The van der Waals surface area contributed by atoms with Gasteiger partial charge in [-0.15, -0.1) is 0 Å². The number of carbonyl (C=O) groups excluding carboxylic acids is 1. The smallest absolute Gasteiger partial charge is 0.233 e. The van der Waals surface area contributed by atoms with E-state index in [2.05, 4.69) is 0 Å². The topological polar surface area (TPSA) is 60.8 Å². The van der Waals surface area contributed by atoms with Crippen LogP contribution in [0.25, 0.3) is 0 Å². The van der Waals surface area contributed by atoms with Crippen molar-refractivity contribution < 1.29 is 15.0 Å². The molecule has 4 heteroatoms. The standard InChI is InChI=1S/C18H27NO3/c1-14(20)12-19(13-15(2)21)17(22)18(10-6-7-11-18)16-8-4-3-5-9-16/h3-5,8-9,14-15,20-21H,6-7,10-13H2,1-2H3. The highest BCUT2D eigenvalue weighted by Gasteiger charge is 2.45. The predicted molar refractivity (Wildman–Crippen MR) is 86.5 cm³/mol. The molecule has 1 saturated carbocycles. The Kier molecular flexibility index (Phi) is 5.59. The first-order valence-corrected chi connectivity index (χ1v) is 8.17. The quantitative estimate of drug-likeness (QED) is 0.846. The van der Waals surface area contributed by atoms with E-state index in [0.29, 0.717) is 0 Å². The van der Waals surface area contributed by atoms with Crippen molar-refractivity contribution in [3.8, 4) is 0 Å². The summed E-state index contributed by atoms with van der Waals surface area (Å²) in [6, 6.07) is 9.94. The lowest BCUT2D eigenvalue weighted by Gasteiger charge is -2.36. The summed E-state index contributed by atoms with van der Waals surface area (Å²) in [7, 11) is 0. The molecule has 122 valence electrons. The van der Waals surface area contributed by atoms with E-state index in [1.54, 1.807) is 18.7 Å². The van der Waals surface area contributed by atoms with Gasteiger partial charge in [0.25, 0.3) is 0 Å². The molecule has 22 heavy (non-hydrogen) atoms. The SMILES string of the molecule is CC(O)CN(CC(C)O)C(=O)C1(c2ccccc2)CCCC1. The van der Waals surface area contributed by atoms with Crippen molar-refractivity contribution in [3.05, 3.63) is 35.9 Å². The van der Waals surface area contributed by atoms with Crippen LogP contribution in [0.2, 0.25) is 0 Å². The zero-order valence-electron chi connectivity index (χ0n) is 13.5. The van der Waals surface area contributed by atoms with Gasteiger partial charge in [-0.05, 0) is 32.3 Å². The van der Waals surface area contributed by atoms with Crippen LogP contribution >= 0.6 is 0 Å². The van der Waals surface area contributed by atoms with Crippen LogP contribution in [-0.2, 0) is 10.2 Å². The van der Waals surface area contributed by atoms with Crippen molar-refractivity contribution in [2.45, 2.75) is 57.2 Å². The molecule has 2 unspecified atom stereocenters. The van der Waals surface area contributed by atoms with Crippen LogP contribution in [0.3, 0.4) is 0 Å². The molecule has 1 aromatic rings. The number of amides is 1. The zero-order valence-corrected chi connectivity index (χ0v) is 13.5. The van der Waals surface area contributed by atoms with E-state index in [1.807, 2.05) is 30.3 Å². The number of hydrogen-bond acceptors (Lipinski definition) is 3. The third-order valence-electron chi connectivity index (χ3n) is 4.45. The van der Waals surface area contributed by atoms with Gasteiger partial charge in [0.2, 0.25) is 5.91 Å². The molecule has 2 N–H and O–H groups in total. The lowest BCUT2D eigenvalue weighted by atomic mass is 9.77. The molecule has 0 heterocycles. The van der Waals surface area contributed by atoms with E-state index in [4.69, 9.17) is 0 Å². The normalized spacial score (nSPS) is 19.6. The molecule has 1 aromatic carbocycles. The Labute approximate surface area is 132 Å². The molecule has 1 aliphatic rings. The third-order valence-corrected chi connectivity index (χ3v) is 4.45. The molecule has 1 fully saturated rings. The fourth-order valence-electron chi connectivity index (χ4n) is 3.54. The monoisotopic (exact) mass is 305 g/mol. The number of hydrogen-bond donors (Lipinski definition) is 2. The molecule has 4 nitrogen and oxygen atoms in total. The minimum Gasteiger partial charge on any atom is -0.392 e. The predicted octanol–water partition coefficient (Wildman–Crippen LogP) is 2.09. The first-order valence-electron chi connectivity index (χ1n) is 8.17. The minimum atomic E-state index is -0.600. The third kappa shape index (κ3) is 3.68. The maximum Gasteiger partial charge on any atom is 0.233 e. The summed E-state index contributed by atoms with van der Waals surface area (Å²) < 4.78 is 0. The minimum absolute atomic E-state index is 0.0398. The van der Waals surface area contributed by atoms with Crippen LogP contribution in [0.5, 0.6) is 0 Å². The number of aliphatic hydroxyl groups is 2. The van der Waals surface area contributed by atoms with Crippen LogP contribution in [0.4, 0.5) is 0 Å². The van der Waals surface area contributed by atoms with E-state index in [-0.39, 0.29) is 19.0 Å². The number of carbonyl (C=O) groups is 1. The maximum atomic E-state index is 13.2. The summed E-state index contributed by atoms with van der Waals surface area (Å²) >= 11 is 0. The first-order chi connectivity index (χ1) is 10.5. The summed E-state index contributed by atoms with van der Waals surface area (Å²) in [5.74, 6) is 0.0398. The molecular formula is C18H27NO3. The van der Waals surface area contributed by atoms with Gasteiger partial charge in [0, 0.05) is 13.1 Å². The Hall–Kier alpha value is -1.39. The molecule has 0 aromatic heterocycles. The van der Waals surface area contributed by atoms with Crippen molar-refractivity contribution in [2.75, 3.05) is 13.1 Å². The van der Waals surface area contributed by atoms with Crippen molar-refractivity contribution in [3.63, 3.8) is 0 Å². The fraction of sp³-hybridized carbons (Fsp3) is 0.611. The maximum absolute atomic E-state index is 13.2. The van der Waals surface area contributed by atoms with E-state index in [9.17, 15) is 15.0 Å².